The molecule has 4 rings (SSSR count). The molecule has 1 aliphatic rings. The van der Waals surface area contributed by atoms with Crippen LogP contribution in [-0.4, -0.2) is 16.0 Å². The number of anilines is 2. The van der Waals surface area contributed by atoms with Crippen molar-refractivity contribution in [2.45, 2.75) is 32.9 Å². The predicted molar refractivity (Wildman–Crippen MR) is 121 cm³/mol. The number of hydrogen-bond donors (Lipinski definition) is 2. The first-order valence-electron chi connectivity index (χ1n) is 9.91. The highest BCUT2D eigenvalue weighted by Crippen LogP contribution is 2.42. The Morgan fingerprint density at radius 2 is 2.07 bits per heavy atom. The molecule has 1 aromatic carbocycles. The Labute approximate surface area is 181 Å². The number of hydrogen-bond acceptors (Lipinski definition) is 4. The maximum Gasteiger partial charge on any atom is 0.226 e. The smallest absolute Gasteiger partial charge is 0.226 e. The van der Waals surface area contributed by atoms with E-state index in [9.17, 15) is 4.79 Å². The minimum atomic E-state index is -0.182. The zero-order chi connectivity index (χ0) is 21.3. The lowest BCUT2D eigenvalue weighted by Crippen LogP contribution is -2.29. The number of nitrogens with zero attached hydrogens (tertiary/aromatic N) is 2. The zero-order valence-electron chi connectivity index (χ0n) is 17.1. The Morgan fingerprint density at radius 3 is 2.70 bits per heavy atom. The van der Waals surface area contributed by atoms with Crippen LogP contribution in [0.5, 0.6) is 0 Å². The average molecular weight is 421 g/mol. The summed E-state index contributed by atoms with van der Waals surface area (Å²) in [5.41, 5.74) is 3.57. The number of benzene rings is 1. The molecular weight excluding hydrogens is 396 g/mol. The van der Waals surface area contributed by atoms with Crippen molar-refractivity contribution in [3.05, 3.63) is 78.0 Å². The molecule has 3 heterocycles. The second-order valence-corrected chi connectivity index (χ2v) is 8.04. The van der Waals surface area contributed by atoms with E-state index in [0.29, 0.717) is 5.11 Å². The van der Waals surface area contributed by atoms with Crippen LogP contribution in [0.25, 0.3) is 0 Å². The lowest BCUT2D eigenvalue weighted by molar-refractivity contribution is -0.118. The van der Waals surface area contributed by atoms with Crippen LogP contribution in [0.15, 0.2) is 65.4 Å². The maximum atomic E-state index is 12.1. The lowest BCUT2D eigenvalue weighted by atomic mass is 10.0. The van der Waals surface area contributed by atoms with Gasteiger partial charge in [0.05, 0.1) is 18.0 Å². The Bertz CT molecular complexity index is 1050. The number of aromatic nitrogens is 1. The summed E-state index contributed by atoms with van der Waals surface area (Å²) in [5.74, 6) is 0.711. The Balaban J connectivity index is 1.71. The molecule has 0 unspecified atom stereocenters. The standard InChI is InChI=1S/C23H24N4O2S/c1-14(2)22(28)25-17-10-9-16(13-15(17)3)27-21(19-8-6-12-29-19)20(26-23(27)30)18-7-4-5-11-24-18/h4-14,20-21H,1-3H3,(H,25,28)(H,26,30)/t20-,21+/m0/s1. The molecule has 154 valence electrons. The minimum absolute atomic E-state index is 0.00659. The number of rotatable bonds is 5. The Kier molecular flexibility index (Phi) is 5.55. The fraction of sp³-hybridized carbons (Fsp3) is 0.261. The number of nitrogens with one attached hydrogen (secondary N) is 2. The van der Waals surface area contributed by atoms with Gasteiger partial charge in [0.15, 0.2) is 5.11 Å². The first-order chi connectivity index (χ1) is 14.5. The third kappa shape index (κ3) is 3.80. The molecule has 7 heteroatoms. The number of furan rings is 1. The highest BCUT2D eigenvalue weighted by molar-refractivity contribution is 7.80. The van der Waals surface area contributed by atoms with Gasteiger partial charge in [-0.3, -0.25) is 9.78 Å². The highest BCUT2D eigenvalue weighted by atomic mass is 32.1. The monoisotopic (exact) mass is 420 g/mol. The van der Waals surface area contributed by atoms with Crippen molar-refractivity contribution in [3.8, 4) is 0 Å². The highest BCUT2D eigenvalue weighted by Gasteiger charge is 2.42. The van der Waals surface area contributed by atoms with Crippen molar-refractivity contribution in [1.29, 1.82) is 0 Å². The van der Waals surface area contributed by atoms with Crippen LogP contribution in [0.3, 0.4) is 0 Å². The maximum absolute atomic E-state index is 12.1. The molecule has 30 heavy (non-hydrogen) atoms. The molecule has 1 fully saturated rings. The second kappa shape index (κ2) is 8.28. The topological polar surface area (TPSA) is 70.4 Å². The summed E-state index contributed by atoms with van der Waals surface area (Å²) in [6, 6.07) is 15.2. The molecule has 1 saturated heterocycles. The largest absolute Gasteiger partial charge is 0.467 e. The van der Waals surface area contributed by atoms with Crippen molar-refractivity contribution in [1.82, 2.24) is 10.3 Å². The number of thiocarbonyl (C=S) groups is 1. The van der Waals surface area contributed by atoms with Gasteiger partial charge in [0.25, 0.3) is 0 Å². The normalized spacial score (nSPS) is 18.5. The van der Waals surface area contributed by atoms with E-state index in [0.717, 1.165) is 28.4 Å². The molecule has 0 spiro atoms. The summed E-state index contributed by atoms with van der Waals surface area (Å²) >= 11 is 5.71. The molecule has 3 aromatic rings. The van der Waals surface area contributed by atoms with E-state index in [1.54, 1.807) is 12.5 Å². The van der Waals surface area contributed by atoms with Gasteiger partial charge in [-0.05, 0) is 67.2 Å². The summed E-state index contributed by atoms with van der Waals surface area (Å²) in [4.78, 5) is 18.7. The molecule has 6 nitrogen and oxygen atoms in total. The van der Waals surface area contributed by atoms with E-state index in [-0.39, 0.29) is 23.9 Å². The third-order valence-corrected chi connectivity index (χ3v) is 5.52. The van der Waals surface area contributed by atoms with Gasteiger partial charge in [0.1, 0.15) is 11.8 Å². The van der Waals surface area contributed by atoms with Gasteiger partial charge in [-0.15, -0.1) is 0 Å². The summed E-state index contributed by atoms with van der Waals surface area (Å²) in [6.07, 6.45) is 3.44. The van der Waals surface area contributed by atoms with E-state index >= 15 is 0 Å². The van der Waals surface area contributed by atoms with E-state index in [4.69, 9.17) is 16.6 Å². The summed E-state index contributed by atoms with van der Waals surface area (Å²) in [5, 5.41) is 6.98. The molecular formula is C23H24N4O2S. The van der Waals surface area contributed by atoms with Gasteiger partial charge in [-0.25, -0.2) is 0 Å². The fourth-order valence-corrected chi connectivity index (χ4v) is 3.94. The number of amides is 1. The number of carbonyl (C=O) groups is 1. The van der Waals surface area contributed by atoms with E-state index in [1.807, 2.05) is 69.3 Å². The van der Waals surface area contributed by atoms with Gasteiger partial charge in [0, 0.05) is 23.5 Å². The van der Waals surface area contributed by atoms with Crippen LogP contribution in [0.4, 0.5) is 11.4 Å². The Hall–Kier alpha value is -3.19. The quantitative estimate of drug-likeness (QED) is 0.580. The van der Waals surface area contributed by atoms with Crippen molar-refractivity contribution in [2.75, 3.05) is 10.2 Å². The zero-order valence-corrected chi connectivity index (χ0v) is 17.9. The van der Waals surface area contributed by atoms with Gasteiger partial charge >= 0.3 is 0 Å². The molecule has 2 atom stereocenters. The molecule has 2 aromatic heterocycles. The molecule has 0 aliphatic carbocycles. The molecule has 2 N–H and O–H groups in total. The molecule has 1 aliphatic heterocycles. The van der Waals surface area contributed by atoms with Crippen LogP contribution in [-0.2, 0) is 4.79 Å². The first kappa shape index (κ1) is 20.1. The molecule has 0 radical (unpaired) electrons. The van der Waals surface area contributed by atoms with Crippen molar-refractivity contribution in [2.24, 2.45) is 5.92 Å². The minimum Gasteiger partial charge on any atom is -0.467 e. The molecule has 0 saturated carbocycles. The van der Waals surface area contributed by atoms with Gasteiger partial charge < -0.3 is 20.0 Å². The lowest BCUT2D eigenvalue weighted by Gasteiger charge is -2.26. The number of carbonyl (C=O) groups excluding carboxylic acids is 1. The van der Waals surface area contributed by atoms with Crippen LogP contribution in [0, 0.1) is 12.8 Å². The van der Waals surface area contributed by atoms with Gasteiger partial charge in [-0.2, -0.15) is 0 Å². The van der Waals surface area contributed by atoms with Crippen LogP contribution in [0.2, 0.25) is 0 Å². The van der Waals surface area contributed by atoms with Gasteiger partial charge in [-0.1, -0.05) is 19.9 Å². The van der Waals surface area contributed by atoms with Crippen molar-refractivity contribution < 1.29 is 9.21 Å². The second-order valence-electron chi connectivity index (χ2n) is 7.66. The van der Waals surface area contributed by atoms with E-state index < -0.39 is 0 Å². The SMILES string of the molecule is Cc1cc(N2C(=S)N[C@@H](c3ccccn3)[C@H]2c2ccco2)ccc1NC(=O)C(C)C. The first-order valence-corrected chi connectivity index (χ1v) is 10.3. The fourth-order valence-electron chi connectivity index (χ4n) is 3.60. The van der Waals surface area contributed by atoms with Crippen molar-refractivity contribution in [3.63, 3.8) is 0 Å². The third-order valence-electron chi connectivity index (χ3n) is 5.20. The van der Waals surface area contributed by atoms with Crippen molar-refractivity contribution >= 4 is 34.6 Å². The van der Waals surface area contributed by atoms with Crippen LogP contribution >= 0.6 is 12.2 Å². The number of aryl methyl sites for hydroxylation is 1. The number of pyridine rings is 1. The summed E-state index contributed by atoms with van der Waals surface area (Å²) in [6.45, 7) is 5.72. The van der Waals surface area contributed by atoms with E-state index in [1.165, 1.54) is 0 Å². The summed E-state index contributed by atoms with van der Waals surface area (Å²) < 4.78 is 5.78. The average Bonchev–Trinajstić information content (AvgIpc) is 3.37. The van der Waals surface area contributed by atoms with Crippen LogP contribution < -0.4 is 15.5 Å². The molecule has 0 bridgehead atoms. The molecule has 1 amide bonds. The Morgan fingerprint density at radius 1 is 1.23 bits per heavy atom. The summed E-state index contributed by atoms with van der Waals surface area (Å²) in [7, 11) is 0. The van der Waals surface area contributed by atoms with E-state index in [2.05, 4.69) is 20.5 Å². The predicted octanol–water partition coefficient (Wildman–Crippen LogP) is 4.75. The van der Waals surface area contributed by atoms with Gasteiger partial charge in [0.2, 0.25) is 5.91 Å². The van der Waals surface area contributed by atoms with Crippen LogP contribution in [0.1, 0.15) is 42.9 Å².